The molecule has 3 N–H and O–H groups in total. The molecule has 0 bridgehead atoms. The summed E-state index contributed by atoms with van der Waals surface area (Å²) in [5, 5.41) is 2.85. The van der Waals surface area contributed by atoms with Gasteiger partial charge in [0.1, 0.15) is 5.82 Å². The molecule has 6 nitrogen and oxygen atoms in total. The smallest absolute Gasteiger partial charge is 0.255 e. The SMILES string of the molecule is NC(c1ccc(C(=O)Nc2ccncc2)cc1)C1CCCN1C(=O)C1(c2cccc(F)c2)CCCC1. The number of nitrogens with one attached hydrogen (secondary N) is 1. The lowest BCUT2D eigenvalue weighted by molar-refractivity contribution is -0.138. The van der Waals surface area contributed by atoms with Gasteiger partial charge in [0.05, 0.1) is 17.5 Å². The second kappa shape index (κ2) is 10.2. The van der Waals surface area contributed by atoms with E-state index in [9.17, 15) is 14.0 Å². The highest BCUT2D eigenvalue weighted by Crippen LogP contribution is 2.44. The number of aromatic nitrogens is 1. The van der Waals surface area contributed by atoms with E-state index in [-0.39, 0.29) is 29.7 Å². The molecule has 1 saturated heterocycles. The molecular formula is C29H31FN4O2. The lowest BCUT2D eigenvalue weighted by Gasteiger charge is -2.38. The topological polar surface area (TPSA) is 88.3 Å². The number of hydrogen-bond acceptors (Lipinski definition) is 4. The first-order valence-corrected chi connectivity index (χ1v) is 12.6. The maximum Gasteiger partial charge on any atom is 0.255 e. The van der Waals surface area contributed by atoms with E-state index < -0.39 is 5.41 Å². The van der Waals surface area contributed by atoms with Crippen molar-refractivity contribution in [3.8, 4) is 0 Å². The number of pyridine rings is 1. The maximum absolute atomic E-state index is 14.1. The third kappa shape index (κ3) is 4.63. The first-order chi connectivity index (χ1) is 17.5. The Kier molecular flexibility index (Phi) is 6.83. The maximum atomic E-state index is 14.1. The summed E-state index contributed by atoms with van der Waals surface area (Å²) < 4.78 is 14.1. The fourth-order valence-electron chi connectivity index (χ4n) is 5.80. The number of benzene rings is 2. The van der Waals surface area contributed by atoms with Gasteiger partial charge in [-0.05, 0) is 73.2 Å². The number of hydrogen-bond donors (Lipinski definition) is 2. The van der Waals surface area contributed by atoms with Crippen molar-refractivity contribution in [2.24, 2.45) is 5.73 Å². The summed E-state index contributed by atoms with van der Waals surface area (Å²) in [6, 6.07) is 16.7. The van der Waals surface area contributed by atoms with Crippen LogP contribution in [0, 0.1) is 5.82 Å². The number of rotatable bonds is 6. The second-order valence-electron chi connectivity index (χ2n) is 9.85. The Morgan fingerprint density at radius 3 is 2.44 bits per heavy atom. The zero-order chi connectivity index (χ0) is 25.1. The molecule has 1 saturated carbocycles. The van der Waals surface area contributed by atoms with Crippen molar-refractivity contribution in [1.82, 2.24) is 9.88 Å². The molecule has 2 unspecified atom stereocenters. The molecule has 2 atom stereocenters. The molecule has 2 aromatic carbocycles. The number of nitrogens with two attached hydrogens (primary N) is 1. The number of carbonyl (C=O) groups is 2. The van der Waals surface area contributed by atoms with E-state index in [1.807, 2.05) is 23.1 Å². The van der Waals surface area contributed by atoms with Gasteiger partial charge in [0.25, 0.3) is 5.91 Å². The highest BCUT2D eigenvalue weighted by Gasteiger charge is 2.48. The van der Waals surface area contributed by atoms with Crippen LogP contribution >= 0.6 is 0 Å². The summed E-state index contributed by atoms with van der Waals surface area (Å²) in [6.45, 7) is 0.653. The summed E-state index contributed by atoms with van der Waals surface area (Å²) >= 11 is 0. The van der Waals surface area contributed by atoms with Gasteiger partial charge < -0.3 is 16.0 Å². The Morgan fingerprint density at radius 1 is 1.03 bits per heavy atom. The first kappa shape index (κ1) is 24.1. The van der Waals surface area contributed by atoms with Gasteiger partial charge in [-0.2, -0.15) is 0 Å². The molecule has 0 radical (unpaired) electrons. The molecule has 1 aromatic heterocycles. The van der Waals surface area contributed by atoms with Crippen LogP contribution in [-0.4, -0.2) is 34.3 Å². The highest BCUT2D eigenvalue weighted by atomic mass is 19.1. The van der Waals surface area contributed by atoms with Gasteiger partial charge >= 0.3 is 0 Å². The van der Waals surface area contributed by atoms with Crippen LogP contribution in [0.2, 0.25) is 0 Å². The number of carbonyl (C=O) groups excluding carboxylic acids is 2. The lowest BCUT2D eigenvalue weighted by atomic mass is 9.77. The molecule has 36 heavy (non-hydrogen) atoms. The minimum atomic E-state index is -0.681. The molecule has 1 aliphatic carbocycles. The molecule has 2 heterocycles. The summed E-state index contributed by atoms with van der Waals surface area (Å²) in [4.78, 5) is 32.5. The Balaban J connectivity index is 1.33. The van der Waals surface area contributed by atoms with Crippen molar-refractivity contribution >= 4 is 17.5 Å². The number of likely N-dealkylation sites (tertiary alicyclic amines) is 1. The van der Waals surface area contributed by atoms with Crippen LogP contribution in [0.25, 0.3) is 0 Å². The molecular weight excluding hydrogens is 455 g/mol. The lowest BCUT2D eigenvalue weighted by Crippen LogP contribution is -2.50. The fourth-order valence-corrected chi connectivity index (χ4v) is 5.80. The number of amides is 2. The third-order valence-electron chi connectivity index (χ3n) is 7.71. The summed E-state index contributed by atoms with van der Waals surface area (Å²) in [5.74, 6) is -0.455. The number of nitrogens with zero attached hydrogens (tertiary/aromatic N) is 2. The fraction of sp³-hybridized carbons (Fsp3) is 0.345. The Hall–Kier alpha value is -3.58. The molecule has 3 aromatic rings. The van der Waals surface area contributed by atoms with E-state index >= 15 is 0 Å². The van der Waals surface area contributed by atoms with Gasteiger partial charge in [-0.3, -0.25) is 14.6 Å². The van der Waals surface area contributed by atoms with E-state index in [2.05, 4.69) is 10.3 Å². The van der Waals surface area contributed by atoms with Crippen LogP contribution in [-0.2, 0) is 10.2 Å². The van der Waals surface area contributed by atoms with Crippen molar-refractivity contribution in [2.45, 2.75) is 56.0 Å². The molecule has 5 rings (SSSR count). The monoisotopic (exact) mass is 486 g/mol. The van der Waals surface area contributed by atoms with Gasteiger partial charge in [0.15, 0.2) is 0 Å². The van der Waals surface area contributed by atoms with Crippen molar-refractivity contribution in [3.63, 3.8) is 0 Å². The van der Waals surface area contributed by atoms with Gasteiger partial charge in [0, 0.05) is 30.2 Å². The second-order valence-corrected chi connectivity index (χ2v) is 9.85. The number of anilines is 1. The molecule has 186 valence electrons. The molecule has 2 amide bonds. The van der Waals surface area contributed by atoms with Crippen LogP contribution in [0.4, 0.5) is 10.1 Å². The molecule has 0 spiro atoms. The van der Waals surface area contributed by atoms with E-state index in [0.717, 1.165) is 49.7 Å². The molecule has 1 aliphatic heterocycles. The quantitative estimate of drug-likeness (QED) is 0.515. The van der Waals surface area contributed by atoms with Gasteiger partial charge in [-0.1, -0.05) is 37.1 Å². The zero-order valence-corrected chi connectivity index (χ0v) is 20.2. The van der Waals surface area contributed by atoms with E-state index in [1.165, 1.54) is 12.1 Å². The minimum Gasteiger partial charge on any atom is -0.337 e. The van der Waals surface area contributed by atoms with Crippen molar-refractivity contribution in [3.05, 3.63) is 95.6 Å². The zero-order valence-electron chi connectivity index (χ0n) is 20.2. The molecule has 7 heteroatoms. The average molecular weight is 487 g/mol. The van der Waals surface area contributed by atoms with E-state index in [0.29, 0.717) is 17.8 Å². The highest BCUT2D eigenvalue weighted by molar-refractivity contribution is 6.04. The summed E-state index contributed by atoms with van der Waals surface area (Å²) in [6.07, 6.45) is 8.31. The van der Waals surface area contributed by atoms with Crippen LogP contribution in [0.3, 0.4) is 0 Å². The predicted octanol–water partition coefficient (Wildman–Crippen LogP) is 4.98. The minimum absolute atomic E-state index is 0.0666. The van der Waals surface area contributed by atoms with E-state index in [1.54, 1.807) is 42.7 Å². The summed E-state index contributed by atoms with van der Waals surface area (Å²) in [7, 11) is 0. The van der Waals surface area contributed by atoms with Crippen molar-refractivity contribution in [2.75, 3.05) is 11.9 Å². The van der Waals surface area contributed by atoms with Crippen molar-refractivity contribution < 1.29 is 14.0 Å². The van der Waals surface area contributed by atoms with E-state index in [4.69, 9.17) is 5.73 Å². The molecule has 2 fully saturated rings. The normalized spacial score (nSPS) is 19.7. The van der Waals surface area contributed by atoms with Crippen LogP contribution in [0.15, 0.2) is 73.1 Å². The number of halogens is 1. The van der Waals surface area contributed by atoms with Crippen LogP contribution in [0.1, 0.15) is 66.1 Å². The van der Waals surface area contributed by atoms with Gasteiger partial charge in [-0.15, -0.1) is 0 Å². The summed E-state index contributed by atoms with van der Waals surface area (Å²) in [5.41, 5.74) is 8.90. The third-order valence-corrected chi connectivity index (χ3v) is 7.71. The first-order valence-electron chi connectivity index (χ1n) is 12.6. The largest absolute Gasteiger partial charge is 0.337 e. The Morgan fingerprint density at radius 2 is 1.75 bits per heavy atom. The van der Waals surface area contributed by atoms with Crippen LogP contribution in [0.5, 0.6) is 0 Å². The molecule has 2 aliphatic rings. The van der Waals surface area contributed by atoms with Crippen LogP contribution < -0.4 is 11.1 Å². The van der Waals surface area contributed by atoms with Gasteiger partial charge in [-0.25, -0.2) is 4.39 Å². The van der Waals surface area contributed by atoms with Crippen molar-refractivity contribution in [1.29, 1.82) is 0 Å². The average Bonchev–Trinajstić information content (AvgIpc) is 3.60. The van der Waals surface area contributed by atoms with Gasteiger partial charge in [0.2, 0.25) is 5.91 Å². The predicted molar refractivity (Wildman–Crippen MR) is 137 cm³/mol. The standard InChI is InChI=1S/C29H31FN4O2/c30-23-6-3-5-22(19-23)29(14-1-2-15-29)28(36)34-18-4-7-25(34)26(31)20-8-10-21(11-9-20)27(35)33-24-12-16-32-17-13-24/h3,5-6,8-13,16-17,19,25-26H,1-2,4,7,14-15,18,31H2,(H,32,33,35). The Bertz CT molecular complexity index is 1230. The Labute approximate surface area is 210 Å².